The summed E-state index contributed by atoms with van der Waals surface area (Å²) >= 11 is 0. The van der Waals surface area contributed by atoms with Gasteiger partial charge in [-0.15, -0.1) is 0 Å². The number of oxazole rings is 1. The fraction of sp³-hybridized carbons (Fsp3) is 0.0455. The summed E-state index contributed by atoms with van der Waals surface area (Å²) in [7, 11) is 0. The quantitative estimate of drug-likeness (QED) is 0.379. The van der Waals surface area contributed by atoms with Gasteiger partial charge in [0.1, 0.15) is 23.5 Å². The number of anilines is 3. The summed E-state index contributed by atoms with van der Waals surface area (Å²) < 4.78 is 22.0. The van der Waals surface area contributed by atoms with Crippen LogP contribution in [-0.2, 0) is 0 Å². The van der Waals surface area contributed by atoms with Crippen LogP contribution >= 0.6 is 0 Å². The number of fused-ring (bicyclic) bond motifs is 1. The first kappa shape index (κ1) is 20.1. The maximum Gasteiger partial charge on any atom is 0.324 e. The number of nitrogen functional groups attached to an aromatic ring is 1. The van der Waals surface area contributed by atoms with E-state index in [4.69, 9.17) is 10.2 Å². The molecular formula is C22H17FN8O2. The molecule has 0 aliphatic rings. The Balaban J connectivity index is 1.50. The average molecular weight is 444 g/mol. The molecule has 0 unspecified atom stereocenters. The Morgan fingerprint density at radius 3 is 2.82 bits per heavy atom. The van der Waals surface area contributed by atoms with Crippen molar-refractivity contribution in [1.29, 1.82) is 0 Å². The molecule has 0 atom stereocenters. The van der Waals surface area contributed by atoms with Crippen LogP contribution in [0, 0.1) is 12.7 Å². The van der Waals surface area contributed by atoms with E-state index in [2.05, 4.69) is 30.7 Å². The monoisotopic (exact) mass is 444 g/mol. The number of nitrogens with one attached hydrogen (secondary N) is 2. The number of amides is 2. The number of rotatable bonds is 4. The van der Waals surface area contributed by atoms with Gasteiger partial charge in [0.2, 0.25) is 0 Å². The third-order valence-electron chi connectivity index (χ3n) is 4.96. The van der Waals surface area contributed by atoms with Gasteiger partial charge in [0.25, 0.3) is 0 Å². The van der Waals surface area contributed by atoms with E-state index in [1.165, 1.54) is 31.1 Å². The van der Waals surface area contributed by atoms with E-state index in [9.17, 15) is 4.79 Å². The van der Waals surface area contributed by atoms with Gasteiger partial charge in [0.05, 0.1) is 11.9 Å². The Morgan fingerprint density at radius 2 is 2.06 bits per heavy atom. The van der Waals surface area contributed by atoms with Crippen LogP contribution in [0.25, 0.3) is 28.0 Å². The van der Waals surface area contributed by atoms with Crippen LogP contribution in [0.5, 0.6) is 0 Å². The van der Waals surface area contributed by atoms with Crippen molar-refractivity contribution in [2.24, 2.45) is 0 Å². The minimum Gasteiger partial charge on any atom is -0.443 e. The van der Waals surface area contributed by atoms with Crippen LogP contribution in [-0.4, -0.2) is 30.6 Å². The van der Waals surface area contributed by atoms with Gasteiger partial charge in [0.15, 0.2) is 18.0 Å². The number of hydrogen-bond donors (Lipinski definition) is 3. The van der Waals surface area contributed by atoms with Gasteiger partial charge in [-0.3, -0.25) is 5.32 Å². The van der Waals surface area contributed by atoms with Gasteiger partial charge in [-0.25, -0.2) is 28.7 Å². The Kier molecular flexibility index (Phi) is 4.90. The smallest absolute Gasteiger partial charge is 0.324 e. The zero-order chi connectivity index (χ0) is 22.9. The molecule has 0 aliphatic carbocycles. The van der Waals surface area contributed by atoms with Crippen molar-refractivity contribution in [2.45, 2.75) is 6.92 Å². The molecule has 0 bridgehead atoms. The van der Waals surface area contributed by atoms with Crippen molar-refractivity contribution in [3.8, 4) is 22.5 Å². The summed E-state index contributed by atoms with van der Waals surface area (Å²) in [5, 5.41) is 9.25. The number of urea groups is 1. The van der Waals surface area contributed by atoms with Gasteiger partial charge < -0.3 is 15.5 Å². The zero-order valence-electron chi connectivity index (χ0n) is 17.3. The predicted molar refractivity (Wildman–Crippen MR) is 120 cm³/mol. The molecule has 0 aliphatic heterocycles. The van der Waals surface area contributed by atoms with E-state index in [0.717, 1.165) is 5.56 Å². The van der Waals surface area contributed by atoms with E-state index < -0.39 is 11.8 Å². The highest BCUT2D eigenvalue weighted by atomic mass is 19.1. The number of carbonyl (C=O) groups is 1. The highest BCUT2D eigenvalue weighted by Gasteiger charge is 2.21. The highest BCUT2D eigenvalue weighted by Crippen LogP contribution is 2.39. The lowest BCUT2D eigenvalue weighted by molar-refractivity contribution is 0.262. The molecule has 1 aromatic carbocycles. The number of aromatic nitrogens is 5. The number of benzene rings is 1. The van der Waals surface area contributed by atoms with E-state index in [1.54, 1.807) is 35.1 Å². The molecule has 5 rings (SSSR count). The lowest BCUT2D eigenvalue weighted by atomic mass is 10.0. The van der Waals surface area contributed by atoms with Crippen molar-refractivity contribution >= 4 is 28.9 Å². The number of carbonyl (C=O) groups excluding carboxylic acids is 1. The van der Waals surface area contributed by atoms with E-state index in [1.807, 2.05) is 6.92 Å². The number of aryl methyl sites for hydroxylation is 1. The molecule has 5 aromatic rings. The minimum atomic E-state index is -0.641. The molecule has 4 N–H and O–H groups in total. The second kappa shape index (κ2) is 8.04. The summed E-state index contributed by atoms with van der Waals surface area (Å²) in [4.78, 5) is 24.4. The number of nitrogens with two attached hydrogens (primary N) is 1. The molecule has 10 nitrogen and oxygen atoms in total. The van der Waals surface area contributed by atoms with Gasteiger partial charge in [-0.1, -0.05) is 6.07 Å². The molecule has 4 heterocycles. The van der Waals surface area contributed by atoms with Crippen LogP contribution in [0.1, 0.15) is 5.56 Å². The van der Waals surface area contributed by atoms with Crippen molar-refractivity contribution in [2.75, 3.05) is 16.4 Å². The molecule has 164 valence electrons. The number of hydrogen-bond acceptors (Lipinski definition) is 7. The number of halogens is 1. The summed E-state index contributed by atoms with van der Waals surface area (Å²) in [5.41, 5.74) is 9.20. The van der Waals surface area contributed by atoms with Crippen LogP contribution in [0.15, 0.2) is 66.1 Å². The molecule has 0 radical (unpaired) electrons. The Hall–Kier alpha value is -4.80. The molecule has 0 fully saturated rings. The normalized spacial score (nSPS) is 11.0. The maximum atomic E-state index is 15.0. The first-order chi connectivity index (χ1) is 16.0. The second-order valence-electron chi connectivity index (χ2n) is 7.21. The predicted octanol–water partition coefficient (Wildman–Crippen LogP) is 4.12. The van der Waals surface area contributed by atoms with Gasteiger partial charge >= 0.3 is 6.03 Å². The van der Waals surface area contributed by atoms with Gasteiger partial charge in [-0.05, 0) is 42.3 Å². The molecule has 33 heavy (non-hydrogen) atoms. The standard InChI is InChI=1S/C22H17FN8O2/c1-12-4-5-26-18(6-12)30-22(32)29-16-3-2-13(7-15(16)23)19-14(17-8-25-11-33-17)9-31-20(19)21(24)27-10-28-31/h2-11H,1H3,(H2,24,27,28)(H2,26,29,30,32). The lowest BCUT2D eigenvalue weighted by Gasteiger charge is -2.10. The minimum absolute atomic E-state index is 0.00199. The number of nitrogens with zero attached hydrogens (tertiary/aromatic N) is 5. The summed E-state index contributed by atoms with van der Waals surface area (Å²) in [6.45, 7) is 1.87. The SMILES string of the molecule is Cc1ccnc(NC(=O)Nc2ccc(-c3c(-c4cnco4)cn4ncnc(N)c34)cc2F)c1. The van der Waals surface area contributed by atoms with Gasteiger partial charge in [-0.2, -0.15) is 5.10 Å². The average Bonchev–Trinajstić information content (AvgIpc) is 3.43. The van der Waals surface area contributed by atoms with Gasteiger partial charge in [0, 0.05) is 23.5 Å². The summed E-state index contributed by atoms with van der Waals surface area (Å²) in [6.07, 6.45) is 7.44. The molecule has 0 saturated carbocycles. The third-order valence-corrected chi connectivity index (χ3v) is 4.96. The van der Waals surface area contributed by atoms with Crippen LogP contribution in [0.3, 0.4) is 0 Å². The number of pyridine rings is 1. The van der Waals surface area contributed by atoms with Crippen LogP contribution in [0.2, 0.25) is 0 Å². The fourth-order valence-electron chi connectivity index (χ4n) is 3.51. The molecular weight excluding hydrogens is 427 g/mol. The first-order valence-electron chi connectivity index (χ1n) is 9.81. The van der Waals surface area contributed by atoms with E-state index in [0.29, 0.717) is 33.8 Å². The second-order valence-corrected chi connectivity index (χ2v) is 7.21. The van der Waals surface area contributed by atoms with Crippen molar-refractivity contribution < 1.29 is 13.6 Å². The molecule has 2 amide bonds. The Morgan fingerprint density at radius 1 is 1.18 bits per heavy atom. The molecule has 0 saturated heterocycles. The Bertz CT molecular complexity index is 1480. The Labute approximate surface area is 186 Å². The topological polar surface area (TPSA) is 136 Å². The first-order valence-corrected chi connectivity index (χ1v) is 9.81. The lowest BCUT2D eigenvalue weighted by Crippen LogP contribution is -2.20. The summed E-state index contributed by atoms with van der Waals surface area (Å²) in [6, 6.07) is 7.30. The van der Waals surface area contributed by atoms with E-state index in [-0.39, 0.29) is 11.5 Å². The van der Waals surface area contributed by atoms with Crippen molar-refractivity contribution in [3.05, 3.63) is 73.0 Å². The van der Waals surface area contributed by atoms with Crippen molar-refractivity contribution in [1.82, 2.24) is 24.6 Å². The molecule has 0 spiro atoms. The third kappa shape index (κ3) is 3.82. The van der Waals surface area contributed by atoms with E-state index >= 15 is 4.39 Å². The van der Waals surface area contributed by atoms with Crippen LogP contribution < -0.4 is 16.4 Å². The largest absolute Gasteiger partial charge is 0.443 e. The van der Waals surface area contributed by atoms with Crippen LogP contribution in [0.4, 0.5) is 26.5 Å². The maximum absolute atomic E-state index is 15.0. The zero-order valence-corrected chi connectivity index (χ0v) is 17.3. The fourth-order valence-corrected chi connectivity index (χ4v) is 3.51. The summed E-state index contributed by atoms with van der Waals surface area (Å²) in [5.74, 6) is 0.399. The van der Waals surface area contributed by atoms with Crippen molar-refractivity contribution in [3.63, 3.8) is 0 Å². The molecule has 4 aromatic heterocycles. The highest BCUT2D eigenvalue weighted by molar-refractivity contribution is 6.00. The molecule has 11 heteroatoms.